The van der Waals surface area contributed by atoms with Gasteiger partial charge in [-0.05, 0) is 24.3 Å². The van der Waals surface area contributed by atoms with Gasteiger partial charge in [-0.25, -0.2) is 13.1 Å². The molecule has 21 heavy (non-hydrogen) atoms. The summed E-state index contributed by atoms with van der Waals surface area (Å²) < 4.78 is 26.7. The average molecular weight is 311 g/mol. The highest BCUT2D eigenvalue weighted by molar-refractivity contribution is 7.88. The Morgan fingerprint density at radius 3 is 2.52 bits per heavy atom. The minimum Gasteiger partial charge on any atom is -0.481 e. The van der Waals surface area contributed by atoms with Crippen molar-refractivity contribution in [3.8, 4) is 0 Å². The molecule has 0 spiro atoms. The van der Waals surface area contributed by atoms with Crippen LogP contribution >= 0.6 is 0 Å². The molecule has 0 aromatic heterocycles. The third kappa shape index (κ3) is 4.82. The van der Waals surface area contributed by atoms with Crippen LogP contribution in [0.3, 0.4) is 0 Å². The van der Waals surface area contributed by atoms with Crippen LogP contribution in [0.4, 0.5) is 0 Å². The van der Waals surface area contributed by atoms with Gasteiger partial charge in [-0.2, -0.15) is 0 Å². The molecule has 1 fully saturated rings. The molecular weight excluding hydrogens is 290 g/mol. The average Bonchev–Trinajstić information content (AvgIpc) is 2.46. The maximum Gasteiger partial charge on any atom is 0.306 e. The molecular formula is C15H21NO4S. The second-order valence-corrected chi connectivity index (χ2v) is 7.39. The minimum atomic E-state index is -3.43. The molecule has 5 nitrogen and oxygen atoms in total. The van der Waals surface area contributed by atoms with Crippen molar-refractivity contribution in [3.05, 3.63) is 35.9 Å². The largest absolute Gasteiger partial charge is 0.481 e. The van der Waals surface area contributed by atoms with Gasteiger partial charge in [0.1, 0.15) is 0 Å². The van der Waals surface area contributed by atoms with Gasteiger partial charge in [-0.3, -0.25) is 4.79 Å². The van der Waals surface area contributed by atoms with E-state index < -0.39 is 21.9 Å². The van der Waals surface area contributed by atoms with Crippen LogP contribution in [0.2, 0.25) is 0 Å². The SMILES string of the molecule is O=C(O)C1CCCCC1CNS(=O)(=O)Cc1ccccc1. The molecule has 1 aromatic rings. The maximum atomic E-state index is 12.1. The van der Waals surface area contributed by atoms with Gasteiger partial charge in [-0.15, -0.1) is 0 Å². The van der Waals surface area contributed by atoms with Gasteiger partial charge in [-0.1, -0.05) is 43.2 Å². The van der Waals surface area contributed by atoms with Crippen LogP contribution in [-0.2, 0) is 20.6 Å². The molecule has 1 saturated carbocycles. The molecule has 1 aliphatic rings. The molecule has 0 heterocycles. The van der Waals surface area contributed by atoms with Crippen molar-refractivity contribution in [1.29, 1.82) is 0 Å². The van der Waals surface area contributed by atoms with E-state index in [1.807, 2.05) is 6.07 Å². The Morgan fingerprint density at radius 2 is 1.86 bits per heavy atom. The van der Waals surface area contributed by atoms with E-state index in [1.165, 1.54) is 0 Å². The lowest BCUT2D eigenvalue weighted by molar-refractivity contribution is -0.144. The lowest BCUT2D eigenvalue weighted by Crippen LogP contribution is -2.37. The molecule has 116 valence electrons. The van der Waals surface area contributed by atoms with Gasteiger partial charge in [0.15, 0.2) is 0 Å². The third-order valence-electron chi connectivity index (χ3n) is 3.99. The summed E-state index contributed by atoms with van der Waals surface area (Å²) in [4.78, 5) is 11.2. The second-order valence-electron chi connectivity index (χ2n) is 5.58. The number of carboxylic acids is 1. The van der Waals surface area contributed by atoms with Crippen molar-refractivity contribution in [2.75, 3.05) is 6.54 Å². The van der Waals surface area contributed by atoms with E-state index in [1.54, 1.807) is 24.3 Å². The molecule has 2 atom stereocenters. The van der Waals surface area contributed by atoms with Crippen LogP contribution in [0.1, 0.15) is 31.2 Å². The van der Waals surface area contributed by atoms with E-state index in [0.29, 0.717) is 6.42 Å². The predicted molar refractivity (Wildman–Crippen MR) is 80.2 cm³/mol. The summed E-state index contributed by atoms with van der Waals surface area (Å²) in [7, 11) is -3.43. The van der Waals surface area contributed by atoms with E-state index >= 15 is 0 Å². The minimum absolute atomic E-state index is 0.0711. The fourth-order valence-electron chi connectivity index (χ4n) is 2.86. The summed E-state index contributed by atoms with van der Waals surface area (Å²) in [5.74, 6) is -1.43. The van der Waals surface area contributed by atoms with Crippen LogP contribution in [0.25, 0.3) is 0 Å². The summed E-state index contributed by atoms with van der Waals surface area (Å²) in [6.07, 6.45) is 3.28. The van der Waals surface area contributed by atoms with Crippen molar-refractivity contribution in [1.82, 2.24) is 4.72 Å². The quantitative estimate of drug-likeness (QED) is 0.841. The predicted octanol–water partition coefficient (Wildman–Crippen LogP) is 2.00. The molecule has 1 aromatic carbocycles. The molecule has 2 N–H and O–H groups in total. The number of rotatable bonds is 6. The number of benzene rings is 1. The number of hydrogen-bond acceptors (Lipinski definition) is 3. The highest BCUT2D eigenvalue weighted by Crippen LogP contribution is 2.29. The Hall–Kier alpha value is -1.40. The van der Waals surface area contributed by atoms with E-state index in [4.69, 9.17) is 0 Å². The second kappa shape index (κ2) is 7.04. The zero-order chi connectivity index (χ0) is 15.3. The number of nitrogens with one attached hydrogen (secondary N) is 1. The summed E-state index contributed by atoms with van der Waals surface area (Å²) in [5.41, 5.74) is 0.725. The number of aliphatic carboxylic acids is 1. The Labute approximate surface area is 125 Å². The highest BCUT2D eigenvalue weighted by Gasteiger charge is 2.31. The number of carbonyl (C=O) groups is 1. The first-order chi connectivity index (χ1) is 9.98. The fraction of sp³-hybridized carbons (Fsp3) is 0.533. The summed E-state index contributed by atoms with van der Waals surface area (Å²) in [5, 5.41) is 9.20. The summed E-state index contributed by atoms with van der Waals surface area (Å²) in [6, 6.07) is 8.96. The molecule has 0 amide bonds. The first-order valence-corrected chi connectivity index (χ1v) is 8.87. The maximum absolute atomic E-state index is 12.1. The molecule has 0 aliphatic heterocycles. The molecule has 6 heteroatoms. The fourth-order valence-corrected chi connectivity index (χ4v) is 4.06. The van der Waals surface area contributed by atoms with Crippen LogP contribution in [0, 0.1) is 11.8 Å². The van der Waals surface area contributed by atoms with E-state index in [2.05, 4.69) is 4.72 Å². The Balaban J connectivity index is 1.93. The molecule has 2 rings (SSSR count). The Bertz CT molecular complexity index is 571. The van der Waals surface area contributed by atoms with Crippen LogP contribution in [-0.4, -0.2) is 26.0 Å². The van der Waals surface area contributed by atoms with Gasteiger partial charge in [0.2, 0.25) is 10.0 Å². The van der Waals surface area contributed by atoms with Crippen molar-refractivity contribution in [2.24, 2.45) is 11.8 Å². The van der Waals surface area contributed by atoms with Crippen molar-refractivity contribution in [3.63, 3.8) is 0 Å². The van der Waals surface area contributed by atoms with E-state index in [-0.39, 0.29) is 18.2 Å². The van der Waals surface area contributed by atoms with Crippen molar-refractivity contribution in [2.45, 2.75) is 31.4 Å². The van der Waals surface area contributed by atoms with Crippen LogP contribution in [0.15, 0.2) is 30.3 Å². The van der Waals surface area contributed by atoms with Gasteiger partial charge in [0.25, 0.3) is 0 Å². The lowest BCUT2D eigenvalue weighted by Gasteiger charge is -2.28. The third-order valence-corrected chi connectivity index (χ3v) is 5.31. The Morgan fingerprint density at radius 1 is 1.19 bits per heavy atom. The van der Waals surface area contributed by atoms with Gasteiger partial charge in [0.05, 0.1) is 11.7 Å². The van der Waals surface area contributed by atoms with Gasteiger partial charge >= 0.3 is 5.97 Å². The summed E-state index contributed by atoms with van der Waals surface area (Å²) >= 11 is 0. The van der Waals surface area contributed by atoms with Crippen LogP contribution < -0.4 is 4.72 Å². The first-order valence-electron chi connectivity index (χ1n) is 7.22. The van der Waals surface area contributed by atoms with Crippen molar-refractivity contribution >= 4 is 16.0 Å². The van der Waals surface area contributed by atoms with Crippen molar-refractivity contribution < 1.29 is 18.3 Å². The first kappa shape index (κ1) is 16.0. The number of sulfonamides is 1. The molecule has 0 bridgehead atoms. The highest BCUT2D eigenvalue weighted by atomic mass is 32.2. The molecule has 0 radical (unpaired) electrons. The molecule has 2 unspecified atom stereocenters. The lowest BCUT2D eigenvalue weighted by atomic mass is 9.79. The topological polar surface area (TPSA) is 83.5 Å². The monoisotopic (exact) mass is 311 g/mol. The number of hydrogen-bond donors (Lipinski definition) is 2. The van der Waals surface area contributed by atoms with Gasteiger partial charge < -0.3 is 5.11 Å². The zero-order valence-electron chi connectivity index (χ0n) is 11.9. The molecule has 0 saturated heterocycles. The van der Waals surface area contributed by atoms with E-state index in [9.17, 15) is 18.3 Å². The molecule has 1 aliphatic carbocycles. The normalized spacial score (nSPS) is 22.9. The van der Waals surface area contributed by atoms with Crippen LogP contribution in [0.5, 0.6) is 0 Å². The summed E-state index contributed by atoms with van der Waals surface area (Å²) in [6.45, 7) is 0.214. The van der Waals surface area contributed by atoms with E-state index in [0.717, 1.165) is 24.8 Å². The zero-order valence-corrected chi connectivity index (χ0v) is 12.7. The number of carboxylic acid groups (broad SMARTS) is 1. The van der Waals surface area contributed by atoms with Gasteiger partial charge in [0, 0.05) is 6.54 Å². The Kier molecular flexibility index (Phi) is 5.36. The standard InChI is InChI=1S/C15H21NO4S/c17-15(18)14-9-5-4-8-13(14)10-16-21(19,20)11-12-6-2-1-3-7-12/h1-3,6-7,13-14,16H,4-5,8-11H2,(H,17,18). The smallest absolute Gasteiger partial charge is 0.306 e.